The molecule has 1 unspecified atom stereocenters. The van der Waals surface area contributed by atoms with Crippen LogP contribution < -0.4 is 14.8 Å². The van der Waals surface area contributed by atoms with Gasteiger partial charge in [0.05, 0.1) is 7.11 Å². The number of anilines is 1. The number of nitrogens with one attached hydrogen (secondary N) is 1. The number of carbonyl (C=O) groups is 1. The van der Waals surface area contributed by atoms with Gasteiger partial charge in [-0.1, -0.05) is 29.3 Å². The molecule has 1 aliphatic heterocycles. The predicted octanol–water partition coefficient (Wildman–Crippen LogP) is 6.81. The van der Waals surface area contributed by atoms with Crippen LogP contribution in [0.15, 0.2) is 48.7 Å². The standard InChI is InChI=1S/C25H19Cl2F3N2O3/c1-34-23-20(32-22(33)13-2-3-13)7-16(12-31-23)14-4-5-21-15(6-14)11-24(35-21,25(28,29)30)17-8-18(26)10-19(27)9-17/h4-10,12-13H,2-3,11H2,1H3,(H,32,33). The predicted molar refractivity (Wildman–Crippen MR) is 126 cm³/mol. The van der Waals surface area contributed by atoms with Crippen LogP contribution in [0.4, 0.5) is 18.9 Å². The van der Waals surface area contributed by atoms with Crippen LogP contribution in [-0.4, -0.2) is 24.2 Å². The molecule has 2 aliphatic rings. The highest BCUT2D eigenvalue weighted by Gasteiger charge is 2.61. The van der Waals surface area contributed by atoms with E-state index in [-0.39, 0.29) is 39.1 Å². The molecule has 5 rings (SSSR count). The average molecular weight is 523 g/mol. The molecule has 5 nitrogen and oxygen atoms in total. The van der Waals surface area contributed by atoms with Crippen molar-refractivity contribution in [2.24, 2.45) is 5.92 Å². The number of pyridine rings is 1. The Balaban J connectivity index is 1.51. The van der Waals surface area contributed by atoms with E-state index in [0.29, 0.717) is 22.4 Å². The normalized spacial score (nSPS) is 19.1. The van der Waals surface area contributed by atoms with E-state index >= 15 is 0 Å². The summed E-state index contributed by atoms with van der Waals surface area (Å²) >= 11 is 12.0. The zero-order valence-electron chi connectivity index (χ0n) is 18.4. The minimum atomic E-state index is -4.73. The summed E-state index contributed by atoms with van der Waals surface area (Å²) in [5.74, 6) is 0.239. The van der Waals surface area contributed by atoms with Gasteiger partial charge in [0.15, 0.2) is 0 Å². The van der Waals surface area contributed by atoms with Crippen molar-refractivity contribution in [2.75, 3.05) is 12.4 Å². The fraction of sp³-hybridized carbons (Fsp3) is 0.280. The molecule has 1 amide bonds. The second-order valence-corrected chi connectivity index (χ2v) is 9.50. The van der Waals surface area contributed by atoms with Crippen molar-refractivity contribution < 1.29 is 27.4 Å². The van der Waals surface area contributed by atoms with Crippen molar-refractivity contribution in [1.29, 1.82) is 0 Å². The number of methoxy groups -OCH3 is 1. The first kappa shape index (κ1) is 23.8. The van der Waals surface area contributed by atoms with Gasteiger partial charge in [-0.15, -0.1) is 0 Å². The van der Waals surface area contributed by atoms with Gasteiger partial charge in [0.25, 0.3) is 0 Å². The minimum absolute atomic E-state index is 0.0176. The number of hydrogen-bond donors (Lipinski definition) is 1. The topological polar surface area (TPSA) is 60.5 Å². The first-order valence-corrected chi connectivity index (χ1v) is 11.6. The lowest BCUT2D eigenvalue weighted by Gasteiger charge is -2.31. The summed E-state index contributed by atoms with van der Waals surface area (Å²) in [6.07, 6.45) is -1.97. The van der Waals surface area contributed by atoms with Crippen LogP contribution in [0.2, 0.25) is 10.0 Å². The number of ether oxygens (including phenoxy) is 2. The molecule has 35 heavy (non-hydrogen) atoms. The molecule has 0 bridgehead atoms. The molecule has 10 heteroatoms. The van der Waals surface area contributed by atoms with Crippen molar-refractivity contribution in [3.8, 4) is 22.8 Å². The maximum Gasteiger partial charge on any atom is 0.432 e. The van der Waals surface area contributed by atoms with Crippen LogP contribution in [0, 0.1) is 5.92 Å². The third-order valence-corrected chi connectivity index (χ3v) is 6.59. The molecule has 1 saturated carbocycles. The summed E-state index contributed by atoms with van der Waals surface area (Å²) in [7, 11) is 1.44. The molecule has 2 heterocycles. The second kappa shape index (κ2) is 8.60. The zero-order valence-corrected chi connectivity index (χ0v) is 19.9. The van der Waals surface area contributed by atoms with Crippen molar-refractivity contribution in [1.82, 2.24) is 4.98 Å². The lowest BCUT2D eigenvalue weighted by molar-refractivity contribution is -0.248. The van der Waals surface area contributed by atoms with Crippen molar-refractivity contribution >= 4 is 34.8 Å². The Hall–Kier alpha value is -2.97. The summed E-state index contributed by atoms with van der Waals surface area (Å²) in [5, 5.41) is 3.00. The molecule has 2 aromatic carbocycles. The van der Waals surface area contributed by atoms with E-state index < -0.39 is 18.2 Å². The quantitative estimate of drug-likeness (QED) is 0.400. The Morgan fingerprint density at radius 3 is 2.46 bits per heavy atom. The molecule has 0 radical (unpaired) electrons. The minimum Gasteiger partial charge on any atom is -0.480 e. The van der Waals surface area contributed by atoms with Crippen molar-refractivity contribution in [3.05, 3.63) is 69.8 Å². The van der Waals surface area contributed by atoms with E-state index in [1.54, 1.807) is 18.2 Å². The van der Waals surface area contributed by atoms with E-state index in [0.717, 1.165) is 12.8 Å². The molecule has 3 aromatic rings. The molecular formula is C25H19Cl2F3N2O3. The molecule has 0 spiro atoms. The third-order valence-electron chi connectivity index (χ3n) is 6.15. The summed E-state index contributed by atoms with van der Waals surface area (Å²) in [6.45, 7) is 0. The number of halogens is 5. The fourth-order valence-electron chi connectivity index (χ4n) is 4.20. The Kier molecular flexibility index (Phi) is 5.84. The smallest absolute Gasteiger partial charge is 0.432 e. The van der Waals surface area contributed by atoms with Crippen LogP contribution in [0.25, 0.3) is 11.1 Å². The van der Waals surface area contributed by atoms with Crippen LogP contribution >= 0.6 is 23.2 Å². The van der Waals surface area contributed by atoms with Gasteiger partial charge in [0.1, 0.15) is 11.4 Å². The highest BCUT2D eigenvalue weighted by atomic mass is 35.5. The number of nitrogens with zero attached hydrogens (tertiary/aromatic N) is 1. The number of benzene rings is 2. The SMILES string of the molecule is COc1ncc(-c2ccc3c(c2)CC(c2cc(Cl)cc(Cl)c2)(C(F)(F)F)O3)cc1NC(=O)C1CC1. The van der Waals surface area contributed by atoms with Gasteiger partial charge in [-0.3, -0.25) is 4.79 Å². The summed E-state index contributed by atoms with van der Waals surface area (Å²) in [5.41, 5.74) is -0.797. The maximum absolute atomic E-state index is 14.4. The lowest BCUT2D eigenvalue weighted by Crippen LogP contribution is -2.46. The molecule has 1 N–H and O–H groups in total. The van der Waals surface area contributed by atoms with Gasteiger partial charge < -0.3 is 14.8 Å². The largest absolute Gasteiger partial charge is 0.480 e. The Labute approximate surface area is 209 Å². The third kappa shape index (κ3) is 4.41. The second-order valence-electron chi connectivity index (χ2n) is 8.63. The van der Waals surface area contributed by atoms with Gasteiger partial charge in [-0.2, -0.15) is 13.2 Å². The monoisotopic (exact) mass is 522 g/mol. The van der Waals surface area contributed by atoms with E-state index in [4.69, 9.17) is 32.7 Å². The molecule has 1 aliphatic carbocycles. The van der Waals surface area contributed by atoms with E-state index in [9.17, 15) is 18.0 Å². The van der Waals surface area contributed by atoms with E-state index in [2.05, 4.69) is 10.3 Å². The molecule has 1 atom stereocenters. The summed E-state index contributed by atoms with van der Waals surface area (Å²) < 4.78 is 54.0. The average Bonchev–Trinajstić information content (AvgIpc) is 3.57. The summed E-state index contributed by atoms with van der Waals surface area (Å²) in [6, 6.07) is 10.3. The van der Waals surface area contributed by atoms with Crippen LogP contribution in [0.1, 0.15) is 24.0 Å². The number of rotatable bonds is 5. The fourth-order valence-corrected chi connectivity index (χ4v) is 4.73. The van der Waals surface area contributed by atoms with Crippen LogP contribution in [0.5, 0.6) is 11.6 Å². The number of carbonyl (C=O) groups excluding carboxylic acids is 1. The summed E-state index contributed by atoms with van der Waals surface area (Å²) in [4.78, 5) is 16.5. The number of fused-ring (bicyclic) bond motifs is 1. The Morgan fingerprint density at radius 1 is 1.11 bits per heavy atom. The molecule has 182 valence electrons. The highest BCUT2D eigenvalue weighted by molar-refractivity contribution is 6.34. The first-order valence-electron chi connectivity index (χ1n) is 10.8. The van der Waals surface area contributed by atoms with Crippen LogP contribution in [-0.2, 0) is 16.8 Å². The Morgan fingerprint density at radius 2 is 1.83 bits per heavy atom. The van der Waals surface area contributed by atoms with Gasteiger partial charge in [0.2, 0.25) is 17.4 Å². The van der Waals surface area contributed by atoms with Crippen molar-refractivity contribution in [3.63, 3.8) is 0 Å². The maximum atomic E-state index is 14.4. The molecular weight excluding hydrogens is 504 g/mol. The molecule has 0 saturated heterocycles. The van der Waals surface area contributed by atoms with Gasteiger partial charge in [0, 0.05) is 39.7 Å². The van der Waals surface area contributed by atoms with Gasteiger partial charge in [-0.05, 0) is 60.4 Å². The van der Waals surface area contributed by atoms with E-state index in [1.165, 1.54) is 37.6 Å². The zero-order chi connectivity index (χ0) is 25.0. The van der Waals surface area contributed by atoms with E-state index in [1.807, 2.05) is 0 Å². The number of amides is 1. The molecule has 1 aromatic heterocycles. The lowest BCUT2D eigenvalue weighted by atomic mass is 9.88. The number of aromatic nitrogens is 1. The first-order chi connectivity index (χ1) is 16.6. The highest BCUT2D eigenvalue weighted by Crippen LogP contribution is 2.52. The van der Waals surface area contributed by atoms with Gasteiger partial charge >= 0.3 is 6.18 Å². The number of hydrogen-bond acceptors (Lipinski definition) is 4. The van der Waals surface area contributed by atoms with Crippen LogP contribution in [0.3, 0.4) is 0 Å². The Bertz CT molecular complexity index is 1310. The molecule has 1 fully saturated rings. The van der Waals surface area contributed by atoms with Gasteiger partial charge in [-0.25, -0.2) is 4.98 Å². The number of alkyl halides is 3. The van der Waals surface area contributed by atoms with Crippen molar-refractivity contribution in [2.45, 2.75) is 31.0 Å².